The Labute approximate surface area is 187 Å². The molecular formula is C27H25N3O2. The summed E-state index contributed by atoms with van der Waals surface area (Å²) in [6, 6.07) is 26.7. The predicted molar refractivity (Wildman–Crippen MR) is 128 cm³/mol. The number of hydrogen-bond donors (Lipinski definition) is 2. The van der Waals surface area contributed by atoms with Crippen LogP contribution in [0.2, 0.25) is 0 Å². The molecule has 0 bridgehead atoms. The highest BCUT2D eigenvalue weighted by atomic mass is 16.2. The average Bonchev–Trinajstić information content (AvgIpc) is 2.84. The van der Waals surface area contributed by atoms with Gasteiger partial charge in [0.15, 0.2) is 0 Å². The molecule has 32 heavy (non-hydrogen) atoms. The topological polar surface area (TPSA) is 71.1 Å². The number of anilines is 1. The highest BCUT2D eigenvalue weighted by Crippen LogP contribution is 2.26. The van der Waals surface area contributed by atoms with E-state index < -0.39 is 0 Å². The van der Waals surface area contributed by atoms with Crippen LogP contribution in [-0.4, -0.2) is 16.8 Å². The number of fused-ring (bicyclic) bond motifs is 1. The summed E-state index contributed by atoms with van der Waals surface area (Å²) >= 11 is 0. The number of pyridine rings is 1. The van der Waals surface area contributed by atoms with E-state index in [1.807, 2.05) is 98.8 Å². The summed E-state index contributed by atoms with van der Waals surface area (Å²) in [5.74, 6) is -0.180. The summed E-state index contributed by atoms with van der Waals surface area (Å²) in [7, 11) is 0. The number of rotatable bonds is 6. The number of nitrogens with one attached hydrogen (secondary N) is 2. The highest BCUT2D eigenvalue weighted by Gasteiger charge is 2.16. The van der Waals surface area contributed by atoms with Gasteiger partial charge in [-0.15, -0.1) is 0 Å². The summed E-state index contributed by atoms with van der Waals surface area (Å²) in [4.78, 5) is 29.6. The van der Waals surface area contributed by atoms with Crippen molar-refractivity contribution in [2.45, 2.75) is 26.3 Å². The Morgan fingerprint density at radius 3 is 2.31 bits per heavy atom. The van der Waals surface area contributed by atoms with Gasteiger partial charge in [0.25, 0.3) is 5.91 Å². The van der Waals surface area contributed by atoms with Gasteiger partial charge in [-0.2, -0.15) is 0 Å². The number of amides is 2. The van der Waals surface area contributed by atoms with Crippen molar-refractivity contribution in [2.75, 3.05) is 5.32 Å². The molecule has 0 aliphatic heterocycles. The van der Waals surface area contributed by atoms with Gasteiger partial charge in [0.2, 0.25) is 5.91 Å². The first kappa shape index (κ1) is 21.2. The van der Waals surface area contributed by atoms with Crippen molar-refractivity contribution < 1.29 is 9.59 Å². The molecule has 3 aromatic carbocycles. The third-order valence-corrected chi connectivity index (χ3v) is 5.39. The highest BCUT2D eigenvalue weighted by molar-refractivity contribution is 6.07. The second-order valence-corrected chi connectivity index (χ2v) is 7.66. The Balaban J connectivity index is 1.67. The third-order valence-electron chi connectivity index (χ3n) is 5.39. The number of aromatic nitrogens is 1. The molecule has 0 fully saturated rings. The van der Waals surface area contributed by atoms with Crippen molar-refractivity contribution in [1.82, 2.24) is 10.3 Å². The molecule has 0 spiro atoms. The van der Waals surface area contributed by atoms with Crippen LogP contribution >= 0.6 is 0 Å². The fourth-order valence-electron chi connectivity index (χ4n) is 3.58. The third kappa shape index (κ3) is 4.67. The van der Waals surface area contributed by atoms with Gasteiger partial charge in [0.1, 0.15) is 0 Å². The Bertz CT molecular complexity index is 1250. The van der Waals surface area contributed by atoms with Gasteiger partial charge in [-0.25, -0.2) is 4.98 Å². The van der Waals surface area contributed by atoms with E-state index in [4.69, 9.17) is 4.98 Å². The van der Waals surface area contributed by atoms with Crippen LogP contribution in [0.25, 0.3) is 22.2 Å². The molecule has 2 amide bonds. The number of carbonyl (C=O) groups is 2. The zero-order chi connectivity index (χ0) is 22.5. The Kier molecular flexibility index (Phi) is 6.26. The smallest absolute Gasteiger partial charge is 0.252 e. The Hall–Kier alpha value is -3.99. The maximum Gasteiger partial charge on any atom is 0.252 e. The first-order valence-corrected chi connectivity index (χ1v) is 10.7. The normalized spacial score (nSPS) is 11.7. The van der Waals surface area contributed by atoms with Crippen LogP contribution in [-0.2, 0) is 4.79 Å². The van der Waals surface area contributed by atoms with Gasteiger partial charge < -0.3 is 10.6 Å². The van der Waals surface area contributed by atoms with E-state index in [0.29, 0.717) is 17.7 Å². The van der Waals surface area contributed by atoms with E-state index in [2.05, 4.69) is 10.6 Å². The molecule has 0 aliphatic carbocycles. The van der Waals surface area contributed by atoms with Gasteiger partial charge in [-0.1, -0.05) is 67.6 Å². The monoisotopic (exact) mass is 423 g/mol. The lowest BCUT2D eigenvalue weighted by Gasteiger charge is -2.16. The molecule has 0 saturated heterocycles. The van der Waals surface area contributed by atoms with Crippen LogP contribution in [0.1, 0.15) is 42.2 Å². The molecule has 0 saturated carbocycles. The number of hydrogen-bond acceptors (Lipinski definition) is 3. The first-order valence-electron chi connectivity index (χ1n) is 10.7. The maximum absolute atomic E-state index is 13.2. The van der Waals surface area contributed by atoms with E-state index >= 15 is 0 Å². The number of para-hydroxylation sites is 1. The fourth-order valence-corrected chi connectivity index (χ4v) is 3.58. The maximum atomic E-state index is 13.2. The zero-order valence-corrected chi connectivity index (χ0v) is 18.1. The van der Waals surface area contributed by atoms with Gasteiger partial charge >= 0.3 is 0 Å². The van der Waals surface area contributed by atoms with Crippen LogP contribution < -0.4 is 10.6 Å². The van der Waals surface area contributed by atoms with Crippen LogP contribution in [0.4, 0.5) is 5.69 Å². The number of benzene rings is 3. The minimum absolute atomic E-state index is 0.0342. The zero-order valence-electron chi connectivity index (χ0n) is 18.1. The Morgan fingerprint density at radius 1 is 0.906 bits per heavy atom. The molecule has 0 aliphatic rings. The summed E-state index contributed by atoms with van der Waals surface area (Å²) in [5, 5.41) is 6.76. The quantitative estimate of drug-likeness (QED) is 0.415. The standard InChI is InChI=1S/C27H25N3O2/c1-3-26(31)29-21-15-13-20(14-16-21)25-17-23(22-11-7-8-12-24(22)30-25)27(32)28-18(2)19-9-5-4-6-10-19/h4-18H,3H2,1-2H3,(H,28,32)(H,29,31). The first-order chi connectivity index (χ1) is 15.5. The second-order valence-electron chi connectivity index (χ2n) is 7.66. The van der Waals surface area contributed by atoms with E-state index in [1.54, 1.807) is 0 Å². The van der Waals surface area contributed by atoms with E-state index in [9.17, 15) is 9.59 Å². The van der Waals surface area contributed by atoms with Crippen LogP contribution in [0, 0.1) is 0 Å². The Morgan fingerprint density at radius 2 is 1.59 bits per heavy atom. The van der Waals surface area contributed by atoms with Gasteiger partial charge in [0, 0.05) is 23.1 Å². The molecule has 1 heterocycles. The van der Waals surface area contributed by atoms with Crippen molar-refractivity contribution in [3.63, 3.8) is 0 Å². The minimum Gasteiger partial charge on any atom is -0.345 e. The van der Waals surface area contributed by atoms with Gasteiger partial charge in [-0.3, -0.25) is 9.59 Å². The van der Waals surface area contributed by atoms with Crippen molar-refractivity contribution in [2.24, 2.45) is 0 Å². The van der Waals surface area contributed by atoms with E-state index in [1.165, 1.54) is 0 Å². The second kappa shape index (κ2) is 9.43. The van der Waals surface area contributed by atoms with Crippen LogP contribution in [0.3, 0.4) is 0 Å². The van der Waals surface area contributed by atoms with Crippen molar-refractivity contribution >= 4 is 28.4 Å². The van der Waals surface area contributed by atoms with Gasteiger partial charge in [-0.05, 0) is 36.8 Å². The summed E-state index contributed by atoms with van der Waals surface area (Å²) in [5.41, 5.74) is 4.69. The van der Waals surface area contributed by atoms with E-state index in [0.717, 1.165) is 27.7 Å². The molecule has 5 heteroatoms. The lowest BCUT2D eigenvalue weighted by molar-refractivity contribution is -0.115. The van der Waals surface area contributed by atoms with Crippen molar-refractivity contribution in [3.05, 3.63) is 96.1 Å². The molecular weight excluding hydrogens is 398 g/mol. The minimum atomic E-state index is -0.145. The fraction of sp³-hybridized carbons (Fsp3) is 0.148. The number of nitrogens with zero attached hydrogens (tertiary/aromatic N) is 1. The van der Waals surface area contributed by atoms with Gasteiger partial charge in [0.05, 0.1) is 22.8 Å². The predicted octanol–water partition coefficient (Wildman–Crippen LogP) is 5.74. The van der Waals surface area contributed by atoms with Crippen molar-refractivity contribution in [3.8, 4) is 11.3 Å². The molecule has 1 unspecified atom stereocenters. The lowest BCUT2D eigenvalue weighted by Crippen LogP contribution is -2.27. The van der Waals surface area contributed by atoms with Crippen LogP contribution in [0.5, 0.6) is 0 Å². The number of carbonyl (C=O) groups excluding carboxylic acids is 2. The van der Waals surface area contributed by atoms with Crippen molar-refractivity contribution in [1.29, 1.82) is 0 Å². The molecule has 1 atom stereocenters. The molecule has 4 rings (SSSR count). The largest absolute Gasteiger partial charge is 0.345 e. The van der Waals surface area contributed by atoms with Crippen LogP contribution in [0.15, 0.2) is 84.9 Å². The summed E-state index contributed by atoms with van der Waals surface area (Å²) in [6.45, 7) is 3.79. The van der Waals surface area contributed by atoms with E-state index in [-0.39, 0.29) is 17.9 Å². The molecule has 2 N–H and O–H groups in total. The molecule has 4 aromatic rings. The molecule has 0 radical (unpaired) electrons. The molecule has 1 aromatic heterocycles. The summed E-state index contributed by atoms with van der Waals surface area (Å²) in [6.07, 6.45) is 0.424. The molecule has 160 valence electrons. The lowest BCUT2D eigenvalue weighted by atomic mass is 10.0. The average molecular weight is 424 g/mol. The summed E-state index contributed by atoms with van der Waals surface area (Å²) < 4.78 is 0. The molecule has 5 nitrogen and oxygen atoms in total. The SMILES string of the molecule is CCC(=O)Nc1ccc(-c2cc(C(=O)NC(C)c3ccccc3)c3ccccc3n2)cc1.